The van der Waals surface area contributed by atoms with E-state index >= 15 is 0 Å². The van der Waals surface area contributed by atoms with Crippen LogP contribution in [0.1, 0.15) is 5.56 Å². The number of hydrogen-bond acceptors (Lipinski definition) is 2. The van der Waals surface area contributed by atoms with Crippen molar-refractivity contribution in [3.63, 3.8) is 0 Å². The quantitative estimate of drug-likeness (QED) is 0.262. The van der Waals surface area contributed by atoms with E-state index in [9.17, 15) is 0 Å². The second-order valence-electron chi connectivity index (χ2n) is 9.40. The van der Waals surface area contributed by atoms with Crippen LogP contribution in [-0.2, 0) is 0 Å². The zero-order valence-corrected chi connectivity index (χ0v) is 18.2. The van der Waals surface area contributed by atoms with Crippen molar-refractivity contribution in [2.24, 2.45) is 0 Å². The van der Waals surface area contributed by atoms with Gasteiger partial charge in [-0.2, -0.15) is 0 Å². The average molecular weight is 434 g/mol. The summed E-state index contributed by atoms with van der Waals surface area (Å²) in [5.74, 6) is 1.17. The van der Waals surface area contributed by atoms with Gasteiger partial charge in [-0.15, -0.1) is 0 Å². The average Bonchev–Trinajstić information content (AvgIpc) is 3.53. The van der Waals surface area contributed by atoms with Crippen LogP contribution in [-0.4, -0.2) is 10.4 Å². The number of furan rings is 1. The van der Waals surface area contributed by atoms with Gasteiger partial charge >= 0.3 is 0 Å². The van der Waals surface area contributed by atoms with E-state index in [1.807, 2.05) is 0 Å². The molecule has 158 valence electrons. The number of benzene rings is 4. The number of rotatable bonds is 0. The molecule has 34 heavy (non-hydrogen) atoms. The molecule has 3 aromatic heterocycles. The van der Waals surface area contributed by atoms with Gasteiger partial charge in [0.25, 0.3) is 0 Å². The number of fused-ring (bicyclic) bond motifs is 13. The van der Waals surface area contributed by atoms with E-state index in [1.165, 1.54) is 65.7 Å². The molecule has 0 amide bonds. The summed E-state index contributed by atoms with van der Waals surface area (Å²) in [4.78, 5) is 0. The van der Waals surface area contributed by atoms with Gasteiger partial charge in [0.1, 0.15) is 17.0 Å². The van der Waals surface area contributed by atoms with Gasteiger partial charge in [0.05, 0.1) is 17.1 Å². The third kappa shape index (κ3) is 1.87. The van der Waals surface area contributed by atoms with Crippen LogP contribution in [0, 0.1) is 0 Å². The van der Waals surface area contributed by atoms with E-state index in [0.717, 1.165) is 11.2 Å². The van der Waals surface area contributed by atoms with Crippen molar-refractivity contribution in [3.05, 3.63) is 102 Å². The molecule has 2 aliphatic rings. The van der Waals surface area contributed by atoms with Crippen molar-refractivity contribution < 1.29 is 4.42 Å². The summed E-state index contributed by atoms with van der Waals surface area (Å²) >= 11 is 0. The van der Waals surface area contributed by atoms with Crippen LogP contribution in [0.3, 0.4) is 0 Å². The molecule has 0 radical (unpaired) electrons. The van der Waals surface area contributed by atoms with Gasteiger partial charge in [-0.1, -0.05) is 72.8 Å². The lowest BCUT2D eigenvalue weighted by Crippen LogP contribution is -2.24. The molecule has 3 nitrogen and oxygen atoms in total. The van der Waals surface area contributed by atoms with E-state index in [1.54, 1.807) is 0 Å². The van der Waals surface area contributed by atoms with Crippen LogP contribution in [0.2, 0.25) is 0 Å². The summed E-state index contributed by atoms with van der Waals surface area (Å²) in [6.45, 7) is 0. The van der Waals surface area contributed by atoms with Crippen LogP contribution in [0.5, 0.6) is 0 Å². The van der Waals surface area contributed by atoms with Gasteiger partial charge in [-0.3, -0.25) is 4.40 Å². The van der Waals surface area contributed by atoms with Gasteiger partial charge in [0.15, 0.2) is 0 Å². The number of nitrogens with one attached hydrogen (secondary N) is 1. The molecule has 9 rings (SSSR count). The summed E-state index contributed by atoms with van der Waals surface area (Å²) in [6, 6.07) is 24.1. The third-order valence-corrected chi connectivity index (χ3v) is 7.71. The van der Waals surface area contributed by atoms with Gasteiger partial charge in [0, 0.05) is 32.5 Å². The number of aromatic nitrogens is 1. The Kier molecular flexibility index (Phi) is 2.86. The molecule has 1 atom stereocenters. The van der Waals surface area contributed by atoms with Gasteiger partial charge in [-0.05, 0) is 40.6 Å². The van der Waals surface area contributed by atoms with Crippen LogP contribution < -0.4 is 5.32 Å². The van der Waals surface area contributed by atoms with Crippen molar-refractivity contribution in [2.75, 3.05) is 5.32 Å². The first-order valence-corrected chi connectivity index (χ1v) is 11.7. The van der Waals surface area contributed by atoms with Crippen molar-refractivity contribution >= 4 is 71.8 Å². The van der Waals surface area contributed by atoms with E-state index < -0.39 is 0 Å². The molecule has 1 aliphatic carbocycles. The van der Waals surface area contributed by atoms with Gasteiger partial charge < -0.3 is 9.73 Å². The fourth-order valence-corrected chi connectivity index (χ4v) is 6.31. The predicted molar refractivity (Wildman–Crippen MR) is 142 cm³/mol. The summed E-state index contributed by atoms with van der Waals surface area (Å²) in [5.41, 5.74) is 6.96. The van der Waals surface area contributed by atoms with Gasteiger partial charge in [0.2, 0.25) is 0 Å². The molecular formula is C31H18N2O. The van der Waals surface area contributed by atoms with E-state index in [2.05, 4.69) is 107 Å². The number of para-hydroxylation sites is 1. The Morgan fingerprint density at radius 3 is 2.59 bits per heavy atom. The molecule has 1 aliphatic heterocycles. The van der Waals surface area contributed by atoms with Crippen molar-refractivity contribution in [3.8, 4) is 0 Å². The van der Waals surface area contributed by atoms with Crippen LogP contribution >= 0.6 is 0 Å². The Morgan fingerprint density at radius 1 is 0.735 bits per heavy atom. The summed E-state index contributed by atoms with van der Waals surface area (Å²) in [5, 5.41) is 12.5. The lowest BCUT2D eigenvalue weighted by molar-refractivity contribution is 0.669. The Hall–Kier alpha value is -4.50. The van der Waals surface area contributed by atoms with E-state index in [-0.39, 0.29) is 6.04 Å². The molecule has 0 spiro atoms. The summed E-state index contributed by atoms with van der Waals surface area (Å²) < 4.78 is 8.82. The fraction of sp³-hybridized carbons (Fsp3) is 0.0323. The normalized spacial score (nSPS) is 17.3. The largest absolute Gasteiger partial charge is 0.456 e. The SMILES string of the molecule is C1=CC2=Cc3c(n4c5ccc6oc7ccc8ccccc8c7c6c5c5cccc3c54)NC2C=C1. The number of hydrogen-bond donors (Lipinski definition) is 1. The van der Waals surface area contributed by atoms with Crippen molar-refractivity contribution in [1.29, 1.82) is 0 Å². The minimum Gasteiger partial charge on any atom is -0.456 e. The highest BCUT2D eigenvalue weighted by atomic mass is 16.3. The minimum atomic E-state index is 0.202. The third-order valence-electron chi connectivity index (χ3n) is 7.71. The van der Waals surface area contributed by atoms with Crippen molar-refractivity contribution in [1.82, 2.24) is 4.40 Å². The number of nitrogens with zero attached hydrogens (tertiary/aromatic N) is 1. The molecule has 1 N–H and O–H groups in total. The molecular weight excluding hydrogens is 416 g/mol. The highest BCUT2D eigenvalue weighted by Gasteiger charge is 2.28. The first kappa shape index (κ1) is 17.0. The Morgan fingerprint density at radius 2 is 1.59 bits per heavy atom. The summed E-state index contributed by atoms with van der Waals surface area (Å²) in [7, 11) is 0. The Bertz CT molecular complexity index is 2100. The maximum atomic E-state index is 6.39. The molecule has 7 aromatic rings. The highest BCUT2D eigenvalue weighted by Crippen LogP contribution is 2.47. The Labute approximate surface area is 194 Å². The van der Waals surface area contributed by atoms with E-state index in [0.29, 0.717) is 0 Å². The molecule has 0 saturated heterocycles. The van der Waals surface area contributed by atoms with Crippen LogP contribution in [0.15, 0.2) is 101 Å². The lowest BCUT2D eigenvalue weighted by atomic mass is 9.95. The topological polar surface area (TPSA) is 29.6 Å². The predicted octanol–water partition coefficient (Wildman–Crippen LogP) is 8.04. The first-order chi connectivity index (χ1) is 16.9. The maximum absolute atomic E-state index is 6.39. The monoisotopic (exact) mass is 434 g/mol. The van der Waals surface area contributed by atoms with Crippen molar-refractivity contribution in [2.45, 2.75) is 6.04 Å². The Balaban J connectivity index is 1.53. The second kappa shape index (κ2) is 5.70. The van der Waals surface area contributed by atoms with Crippen LogP contribution in [0.25, 0.3) is 66.0 Å². The molecule has 0 bridgehead atoms. The highest BCUT2D eigenvalue weighted by molar-refractivity contribution is 6.33. The molecule has 0 fully saturated rings. The molecule has 0 saturated carbocycles. The summed E-state index contributed by atoms with van der Waals surface area (Å²) in [6.07, 6.45) is 11.0. The fourth-order valence-electron chi connectivity index (χ4n) is 6.31. The minimum absolute atomic E-state index is 0.202. The zero-order chi connectivity index (χ0) is 22.0. The van der Waals surface area contributed by atoms with E-state index in [4.69, 9.17) is 4.42 Å². The van der Waals surface area contributed by atoms with Gasteiger partial charge in [-0.25, -0.2) is 0 Å². The lowest BCUT2D eigenvalue weighted by Gasteiger charge is -2.24. The molecule has 1 unspecified atom stereocenters. The van der Waals surface area contributed by atoms with Crippen LogP contribution in [0.4, 0.5) is 5.82 Å². The molecule has 3 heteroatoms. The number of anilines is 1. The standard InChI is InChI=1S/C31H18N2O/c1-3-8-19-17(6-1)12-14-25-28(19)29-26(34-25)15-13-24-27(29)21-10-5-9-20-22-16-18-7-2-4-11-23(18)32-31(22)33(24)30(20)21/h1-16,23,32H. The molecule has 4 aromatic carbocycles. The maximum Gasteiger partial charge on any atom is 0.136 e. The first-order valence-electron chi connectivity index (χ1n) is 11.7. The zero-order valence-electron chi connectivity index (χ0n) is 18.2. The number of allylic oxidation sites excluding steroid dienone is 2. The molecule has 4 heterocycles. The second-order valence-corrected chi connectivity index (χ2v) is 9.40. The smallest absolute Gasteiger partial charge is 0.136 e.